The van der Waals surface area contributed by atoms with Gasteiger partial charge in [-0.2, -0.15) is 0 Å². The van der Waals surface area contributed by atoms with Gasteiger partial charge in [0.25, 0.3) is 0 Å². The van der Waals surface area contributed by atoms with Crippen molar-refractivity contribution in [2.24, 2.45) is 0 Å². The van der Waals surface area contributed by atoms with Gasteiger partial charge in [0, 0.05) is 17.8 Å². The number of aromatic nitrogens is 1. The summed E-state index contributed by atoms with van der Waals surface area (Å²) in [7, 11) is 0. The highest BCUT2D eigenvalue weighted by Crippen LogP contribution is 2.23. The summed E-state index contributed by atoms with van der Waals surface area (Å²) in [5, 5.41) is 6.35. The molecule has 0 amide bonds. The molecule has 0 aliphatic carbocycles. The van der Waals surface area contributed by atoms with Crippen LogP contribution in [-0.2, 0) is 0 Å². The molecule has 1 aromatic heterocycles. The topological polar surface area (TPSA) is 37.0 Å². The molecule has 2 N–H and O–H groups in total. The van der Waals surface area contributed by atoms with E-state index in [1.54, 1.807) is 25.4 Å². The predicted molar refractivity (Wildman–Crippen MR) is 72.8 cm³/mol. The summed E-state index contributed by atoms with van der Waals surface area (Å²) in [5.41, 5.74) is 3.13. The molecule has 0 bridgehead atoms. The largest absolute Gasteiger partial charge is 0.384 e. The van der Waals surface area contributed by atoms with E-state index in [0.29, 0.717) is 5.56 Å². The summed E-state index contributed by atoms with van der Waals surface area (Å²) in [6.07, 6.45) is 3.47. The van der Waals surface area contributed by atoms with Crippen molar-refractivity contribution in [1.82, 2.24) is 4.98 Å². The van der Waals surface area contributed by atoms with Crippen LogP contribution < -0.4 is 10.6 Å². The predicted octanol–water partition coefficient (Wildman–Crippen LogP) is 3.70. The molecular formula is C14H16FN3. The SMILES string of the molecule is CCNc1cncc(Nc2cccc(F)c2C)c1. The zero-order valence-electron chi connectivity index (χ0n) is 10.5. The fraction of sp³-hybridized carbons (Fsp3) is 0.214. The normalized spacial score (nSPS) is 10.2. The van der Waals surface area contributed by atoms with Crippen LogP contribution in [0.3, 0.4) is 0 Å². The Balaban J connectivity index is 2.23. The molecule has 1 aromatic carbocycles. The molecule has 1 heterocycles. The van der Waals surface area contributed by atoms with Gasteiger partial charge in [0.15, 0.2) is 0 Å². The van der Waals surface area contributed by atoms with E-state index in [9.17, 15) is 4.39 Å². The highest BCUT2D eigenvalue weighted by Gasteiger charge is 2.04. The molecule has 0 atom stereocenters. The van der Waals surface area contributed by atoms with Gasteiger partial charge >= 0.3 is 0 Å². The first-order chi connectivity index (χ1) is 8.70. The number of nitrogens with one attached hydrogen (secondary N) is 2. The Kier molecular flexibility index (Phi) is 3.77. The Morgan fingerprint density at radius 3 is 2.78 bits per heavy atom. The number of rotatable bonds is 4. The van der Waals surface area contributed by atoms with Crippen molar-refractivity contribution in [2.75, 3.05) is 17.2 Å². The Hall–Kier alpha value is -2.10. The van der Waals surface area contributed by atoms with E-state index >= 15 is 0 Å². The van der Waals surface area contributed by atoms with E-state index in [-0.39, 0.29) is 5.82 Å². The van der Waals surface area contributed by atoms with Crippen LogP contribution in [-0.4, -0.2) is 11.5 Å². The molecule has 0 aliphatic rings. The molecule has 0 fully saturated rings. The molecule has 2 rings (SSSR count). The van der Waals surface area contributed by atoms with Gasteiger partial charge in [0.1, 0.15) is 5.82 Å². The standard InChI is InChI=1S/C14H16FN3/c1-3-17-11-7-12(9-16-8-11)18-14-6-4-5-13(15)10(14)2/h4-9,17-18H,3H2,1-2H3. The smallest absolute Gasteiger partial charge is 0.128 e. The van der Waals surface area contributed by atoms with E-state index in [1.165, 1.54) is 6.07 Å². The van der Waals surface area contributed by atoms with Crippen LogP contribution >= 0.6 is 0 Å². The number of anilines is 3. The fourth-order valence-corrected chi connectivity index (χ4v) is 1.71. The molecular weight excluding hydrogens is 229 g/mol. The van der Waals surface area contributed by atoms with E-state index in [4.69, 9.17) is 0 Å². The van der Waals surface area contributed by atoms with Crippen LogP contribution in [0.4, 0.5) is 21.5 Å². The molecule has 3 nitrogen and oxygen atoms in total. The molecule has 4 heteroatoms. The van der Waals surface area contributed by atoms with Crippen LogP contribution in [0.2, 0.25) is 0 Å². The Morgan fingerprint density at radius 2 is 2.00 bits per heavy atom. The summed E-state index contributed by atoms with van der Waals surface area (Å²) >= 11 is 0. The average Bonchev–Trinajstić information content (AvgIpc) is 2.36. The van der Waals surface area contributed by atoms with Gasteiger partial charge in [-0.05, 0) is 32.0 Å². The molecule has 0 saturated carbocycles. The van der Waals surface area contributed by atoms with Crippen LogP contribution in [0.15, 0.2) is 36.7 Å². The van der Waals surface area contributed by atoms with E-state index in [2.05, 4.69) is 15.6 Å². The molecule has 2 aromatic rings. The van der Waals surface area contributed by atoms with E-state index < -0.39 is 0 Å². The molecule has 94 valence electrons. The van der Waals surface area contributed by atoms with Crippen molar-refractivity contribution in [3.8, 4) is 0 Å². The zero-order chi connectivity index (χ0) is 13.0. The van der Waals surface area contributed by atoms with Gasteiger partial charge in [-0.15, -0.1) is 0 Å². The van der Waals surface area contributed by atoms with Gasteiger partial charge in [0.2, 0.25) is 0 Å². The highest BCUT2D eigenvalue weighted by molar-refractivity contribution is 5.65. The summed E-state index contributed by atoms with van der Waals surface area (Å²) in [6.45, 7) is 4.61. The highest BCUT2D eigenvalue weighted by atomic mass is 19.1. The first kappa shape index (κ1) is 12.4. The minimum absolute atomic E-state index is 0.212. The van der Waals surface area contributed by atoms with Crippen molar-refractivity contribution in [1.29, 1.82) is 0 Å². The molecule has 0 radical (unpaired) electrons. The summed E-state index contributed by atoms with van der Waals surface area (Å²) in [4.78, 5) is 4.13. The van der Waals surface area contributed by atoms with Crippen LogP contribution in [0.5, 0.6) is 0 Å². The molecule has 0 aliphatic heterocycles. The summed E-state index contributed by atoms with van der Waals surface area (Å²) in [5.74, 6) is -0.212. The Morgan fingerprint density at radius 1 is 1.22 bits per heavy atom. The van der Waals surface area contributed by atoms with Crippen molar-refractivity contribution < 1.29 is 4.39 Å². The van der Waals surface area contributed by atoms with Crippen LogP contribution in [0.1, 0.15) is 12.5 Å². The number of benzene rings is 1. The average molecular weight is 245 g/mol. The third-order valence-electron chi connectivity index (χ3n) is 2.67. The first-order valence-corrected chi connectivity index (χ1v) is 5.91. The maximum Gasteiger partial charge on any atom is 0.128 e. The minimum Gasteiger partial charge on any atom is -0.384 e. The summed E-state index contributed by atoms with van der Waals surface area (Å²) in [6, 6.07) is 6.93. The second kappa shape index (κ2) is 5.49. The first-order valence-electron chi connectivity index (χ1n) is 5.91. The van der Waals surface area contributed by atoms with E-state index in [0.717, 1.165) is 23.6 Å². The van der Waals surface area contributed by atoms with Crippen LogP contribution in [0.25, 0.3) is 0 Å². The van der Waals surface area contributed by atoms with Gasteiger partial charge in [-0.3, -0.25) is 4.98 Å². The second-order valence-corrected chi connectivity index (χ2v) is 4.03. The lowest BCUT2D eigenvalue weighted by Gasteiger charge is -2.11. The maximum atomic E-state index is 13.4. The third kappa shape index (κ3) is 2.77. The van der Waals surface area contributed by atoms with Gasteiger partial charge < -0.3 is 10.6 Å². The van der Waals surface area contributed by atoms with Crippen molar-refractivity contribution in [3.05, 3.63) is 48.0 Å². The molecule has 18 heavy (non-hydrogen) atoms. The Labute approximate surface area is 106 Å². The van der Waals surface area contributed by atoms with Gasteiger partial charge in [0.05, 0.1) is 23.8 Å². The van der Waals surface area contributed by atoms with Gasteiger partial charge in [-0.25, -0.2) is 4.39 Å². The quantitative estimate of drug-likeness (QED) is 0.862. The number of nitrogens with zero attached hydrogens (tertiary/aromatic N) is 1. The van der Waals surface area contributed by atoms with Crippen LogP contribution in [0, 0.1) is 12.7 Å². The lowest BCUT2D eigenvalue weighted by atomic mass is 10.2. The van der Waals surface area contributed by atoms with E-state index in [1.807, 2.05) is 19.1 Å². The number of halogens is 1. The lowest BCUT2D eigenvalue weighted by Crippen LogP contribution is -1.99. The number of hydrogen-bond donors (Lipinski definition) is 2. The molecule has 0 spiro atoms. The fourth-order valence-electron chi connectivity index (χ4n) is 1.71. The Bertz CT molecular complexity index is 540. The lowest BCUT2D eigenvalue weighted by molar-refractivity contribution is 0.619. The second-order valence-electron chi connectivity index (χ2n) is 4.03. The van der Waals surface area contributed by atoms with Crippen molar-refractivity contribution in [3.63, 3.8) is 0 Å². The number of hydrogen-bond acceptors (Lipinski definition) is 3. The van der Waals surface area contributed by atoms with Crippen molar-refractivity contribution in [2.45, 2.75) is 13.8 Å². The molecule has 0 unspecified atom stereocenters. The van der Waals surface area contributed by atoms with Crippen molar-refractivity contribution >= 4 is 17.1 Å². The number of pyridine rings is 1. The third-order valence-corrected chi connectivity index (χ3v) is 2.67. The monoisotopic (exact) mass is 245 g/mol. The summed E-state index contributed by atoms with van der Waals surface area (Å²) < 4.78 is 13.4. The minimum atomic E-state index is -0.212. The maximum absolute atomic E-state index is 13.4. The molecule has 0 saturated heterocycles. The zero-order valence-corrected chi connectivity index (χ0v) is 10.5. The van der Waals surface area contributed by atoms with Gasteiger partial charge in [-0.1, -0.05) is 6.07 Å².